The summed E-state index contributed by atoms with van der Waals surface area (Å²) in [5.74, 6) is 2.07. The van der Waals surface area contributed by atoms with Crippen LogP contribution in [-0.4, -0.2) is 47.2 Å². The number of hydrogen-bond acceptors (Lipinski definition) is 4. The number of amides is 2. The van der Waals surface area contributed by atoms with E-state index in [4.69, 9.17) is 9.47 Å². The van der Waals surface area contributed by atoms with Gasteiger partial charge in [-0.1, -0.05) is 22.0 Å². The first-order chi connectivity index (χ1) is 14.3. The van der Waals surface area contributed by atoms with Gasteiger partial charge in [-0.15, -0.1) is 0 Å². The SMILES string of the molecule is CC(C)(Oc1cccc(Br)c1)C(=O)N[C@H]1[C@@H]2CC3C[C@H]1C[C@](N1CCOC1=O)(C3)C2. The molecule has 1 N–H and O–H groups in total. The Kier molecular flexibility index (Phi) is 4.80. The molecule has 5 aliphatic rings. The van der Waals surface area contributed by atoms with Crippen LogP contribution in [0.5, 0.6) is 5.75 Å². The fourth-order valence-electron chi connectivity index (χ4n) is 6.57. The van der Waals surface area contributed by atoms with Crippen LogP contribution in [0.2, 0.25) is 0 Å². The zero-order valence-electron chi connectivity index (χ0n) is 17.5. The summed E-state index contributed by atoms with van der Waals surface area (Å²) in [6.45, 7) is 4.85. The second-order valence-corrected chi connectivity index (χ2v) is 10.9. The summed E-state index contributed by atoms with van der Waals surface area (Å²) in [4.78, 5) is 27.5. The molecule has 4 saturated carbocycles. The van der Waals surface area contributed by atoms with E-state index in [2.05, 4.69) is 21.2 Å². The van der Waals surface area contributed by atoms with Crippen LogP contribution in [0.25, 0.3) is 0 Å². The number of nitrogens with one attached hydrogen (secondary N) is 1. The van der Waals surface area contributed by atoms with Crippen LogP contribution in [0.4, 0.5) is 4.79 Å². The zero-order valence-corrected chi connectivity index (χ0v) is 19.1. The molecule has 0 spiro atoms. The number of hydrogen-bond donors (Lipinski definition) is 1. The second kappa shape index (κ2) is 7.14. The van der Waals surface area contributed by atoms with E-state index in [1.165, 1.54) is 0 Å². The van der Waals surface area contributed by atoms with E-state index in [-0.39, 0.29) is 23.6 Å². The van der Waals surface area contributed by atoms with Gasteiger partial charge < -0.3 is 14.8 Å². The number of halogens is 1. The van der Waals surface area contributed by atoms with Crippen LogP contribution in [0.15, 0.2) is 28.7 Å². The summed E-state index contributed by atoms with van der Waals surface area (Å²) < 4.78 is 12.2. The van der Waals surface area contributed by atoms with Gasteiger partial charge in [0.15, 0.2) is 5.60 Å². The van der Waals surface area contributed by atoms with Gasteiger partial charge in [0.05, 0.1) is 6.54 Å². The predicted octanol–water partition coefficient (Wildman–Crippen LogP) is 4.12. The van der Waals surface area contributed by atoms with Crippen molar-refractivity contribution >= 4 is 27.9 Å². The van der Waals surface area contributed by atoms with Gasteiger partial charge in [0.1, 0.15) is 12.4 Å². The average Bonchev–Trinajstić information content (AvgIpc) is 3.10. The molecule has 1 saturated heterocycles. The van der Waals surface area contributed by atoms with Gasteiger partial charge in [0.25, 0.3) is 5.91 Å². The smallest absolute Gasteiger partial charge is 0.410 e. The Bertz CT molecular complexity index is 857. The number of nitrogens with zero attached hydrogens (tertiary/aromatic N) is 1. The normalized spacial score (nSPS) is 34.8. The molecule has 1 unspecified atom stereocenters. The first-order valence-corrected chi connectivity index (χ1v) is 11.7. The van der Waals surface area contributed by atoms with Crippen molar-refractivity contribution < 1.29 is 19.1 Å². The highest BCUT2D eigenvalue weighted by molar-refractivity contribution is 9.10. The summed E-state index contributed by atoms with van der Waals surface area (Å²) >= 11 is 3.45. The van der Waals surface area contributed by atoms with Crippen molar-refractivity contribution in [3.63, 3.8) is 0 Å². The van der Waals surface area contributed by atoms with Gasteiger partial charge in [-0.05, 0) is 81.9 Å². The Labute approximate surface area is 185 Å². The first-order valence-electron chi connectivity index (χ1n) is 11.0. The molecule has 1 aromatic rings. The molecule has 1 aliphatic heterocycles. The summed E-state index contributed by atoms with van der Waals surface area (Å²) in [6, 6.07) is 7.72. The largest absolute Gasteiger partial charge is 0.478 e. The number of benzene rings is 1. The molecule has 6 nitrogen and oxygen atoms in total. The summed E-state index contributed by atoms with van der Waals surface area (Å²) in [5, 5.41) is 3.35. The van der Waals surface area contributed by atoms with E-state index in [0.717, 1.165) is 36.6 Å². The lowest BCUT2D eigenvalue weighted by Crippen LogP contribution is -2.67. The molecule has 2 amide bonds. The van der Waals surface area contributed by atoms with Crippen LogP contribution in [-0.2, 0) is 9.53 Å². The quantitative estimate of drug-likeness (QED) is 0.693. The molecule has 0 aromatic heterocycles. The van der Waals surface area contributed by atoms with Crippen LogP contribution in [0, 0.1) is 17.8 Å². The van der Waals surface area contributed by atoms with E-state index in [0.29, 0.717) is 36.7 Å². The Balaban J connectivity index is 1.29. The predicted molar refractivity (Wildman–Crippen MR) is 115 cm³/mol. The Hall–Kier alpha value is -1.76. The fraction of sp³-hybridized carbons (Fsp3) is 0.652. The minimum absolute atomic E-state index is 0.0619. The highest BCUT2D eigenvalue weighted by Crippen LogP contribution is 2.58. The second-order valence-electron chi connectivity index (χ2n) is 10.0. The average molecular weight is 477 g/mol. The molecule has 4 aliphatic carbocycles. The number of cyclic esters (lactones) is 1. The first kappa shape index (κ1) is 20.2. The highest BCUT2D eigenvalue weighted by Gasteiger charge is 2.59. The molecule has 5 atom stereocenters. The molecule has 162 valence electrons. The standard InChI is InChI=1S/C23H29BrN2O4/c1-22(2,30-18-5-3-4-17(24)10-18)20(27)25-19-15-8-14-9-16(19)13-23(11-14,12-15)26-6-7-29-21(26)28/h3-5,10,14-16,19H,6-9,11-13H2,1-2H3,(H,25,27)/t14?,15-,16+,19+,23+. The molecule has 4 bridgehead atoms. The molecular formula is C23H29BrN2O4. The van der Waals surface area contributed by atoms with Crippen LogP contribution in [0.3, 0.4) is 0 Å². The molecule has 5 fully saturated rings. The lowest BCUT2D eigenvalue weighted by molar-refractivity contribution is -0.141. The van der Waals surface area contributed by atoms with E-state index in [9.17, 15) is 9.59 Å². The maximum Gasteiger partial charge on any atom is 0.410 e. The topological polar surface area (TPSA) is 67.9 Å². The van der Waals surface area contributed by atoms with Crippen LogP contribution >= 0.6 is 15.9 Å². The van der Waals surface area contributed by atoms with Crippen molar-refractivity contribution in [1.82, 2.24) is 10.2 Å². The van der Waals surface area contributed by atoms with Crippen molar-refractivity contribution in [3.8, 4) is 5.75 Å². The summed E-state index contributed by atoms with van der Waals surface area (Å²) in [5.41, 5.74) is -1.03. The fourth-order valence-corrected chi connectivity index (χ4v) is 6.95. The summed E-state index contributed by atoms with van der Waals surface area (Å²) in [6.07, 6.45) is 5.15. The molecule has 7 heteroatoms. The van der Waals surface area contributed by atoms with Gasteiger partial charge in [-0.2, -0.15) is 0 Å². The van der Waals surface area contributed by atoms with Gasteiger partial charge >= 0.3 is 6.09 Å². The van der Waals surface area contributed by atoms with Gasteiger partial charge in [-0.3, -0.25) is 9.69 Å². The van der Waals surface area contributed by atoms with E-state index >= 15 is 0 Å². The lowest BCUT2D eigenvalue weighted by atomic mass is 9.50. The van der Waals surface area contributed by atoms with E-state index < -0.39 is 5.60 Å². The number of carbonyl (C=O) groups is 2. The molecule has 0 radical (unpaired) electrons. The van der Waals surface area contributed by atoms with Crippen molar-refractivity contribution in [2.24, 2.45) is 17.8 Å². The van der Waals surface area contributed by atoms with Crippen molar-refractivity contribution in [1.29, 1.82) is 0 Å². The lowest BCUT2D eigenvalue weighted by Gasteiger charge is -2.62. The summed E-state index contributed by atoms with van der Waals surface area (Å²) in [7, 11) is 0. The third kappa shape index (κ3) is 3.39. The Morgan fingerprint density at radius 2 is 2.00 bits per heavy atom. The van der Waals surface area contributed by atoms with E-state index in [1.54, 1.807) is 0 Å². The highest BCUT2D eigenvalue weighted by atomic mass is 79.9. The minimum atomic E-state index is -0.966. The monoisotopic (exact) mass is 476 g/mol. The maximum absolute atomic E-state index is 13.2. The minimum Gasteiger partial charge on any atom is -0.478 e. The third-order valence-electron chi connectivity index (χ3n) is 7.59. The van der Waals surface area contributed by atoms with Crippen LogP contribution in [0.1, 0.15) is 46.0 Å². The van der Waals surface area contributed by atoms with Crippen molar-refractivity contribution in [3.05, 3.63) is 28.7 Å². The van der Waals surface area contributed by atoms with Gasteiger partial charge in [0, 0.05) is 16.1 Å². The molecule has 6 rings (SSSR count). The molecule has 1 aromatic carbocycles. The van der Waals surface area contributed by atoms with Crippen LogP contribution < -0.4 is 10.1 Å². The zero-order chi connectivity index (χ0) is 21.1. The van der Waals surface area contributed by atoms with Crippen molar-refractivity contribution in [2.45, 2.75) is 63.1 Å². The number of carbonyl (C=O) groups excluding carboxylic acids is 2. The molecule has 30 heavy (non-hydrogen) atoms. The molecule has 1 heterocycles. The Morgan fingerprint density at radius 1 is 1.27 bits per heavy atom. The third-order valence-corrected chi connectivity index (χ3v) is 8.08. The van der Waals surface area contributed by atoms with Gasteiger partial charge in [0.2, 0.25) is 0 Å². The van der Waals surface area contributed by atoms with Gasteiger partial charge in [-0.25, -0.2) is 4.79 Å². The van der Waals surface area contributed by atoms with Crippen molar-refractivity contribution in [2.75, 3.05) is 13.2 Å². The number of rotatable bonds is 5. The Morgan fingerprint density at radius 3 is 2.63 bits per heavy atom. The van der Waals surface area contributed by atoms with E-state index in [1.807, 2.05) is 43.0 Å². The molecular weight excluding hydrogens is 448 g/mol. The maximum atomic E-state index is 13.2. The number of ether oxygens (including phenoxy) is 2.